The first-order valence-corrected chi connectivity index (χ1v) is 12.8. The Morgan fingerprint density at radius 3 is 2.44 bits per heavy atom. The highest BCUT2D eigenvalue weighted by molar-refractivity contribution is 9.10. The number of anilines is 1. The second-order valence-corrected chi connectivity index (χ2v) is 9.92. The number of carbonyl (C=O) groups is 1. The van der Waals surface area contributed by atoms with Crippen LogP contribution in [0.1, 0.15) is 37.3 Å². The number of nitrogens with two attached hydrogens (primary N) is 1. The monoisotopic (exact) mass is 544 g/mol. The molecule has 0 bridgehead atoms. The van der Waals surface area contributed by atoms with E-state index in [1.54, 1.807) is 4.52 Å². The fourth-order valence-electron chi connectivity index (χ4n) is 4.24. The molecule has 0 unspecified atom stereocenters. The quantitative estimate of drug-likeness (QED) is 0.305. The molecule has 34 heavy (non-hydrogen) atoms. The van der Waals surface area contributed by atoms with Crippen LogP contribution in [0, 0.1) is 0 Å². The van der Waals surface area contributed by atoms with Crippen LogP contribution >= 0.6 is 27.7 Å². The Labute approximate surface area is 209 Å². The average Bonchev–Trinajstić information content (AvgIpc) is 3.49. The molecule has 0 aliphatic heterocycles. The Morgan fingerprint density at radius 1 is 1.12 bits per heavy atom. The molecule has 1 aliphatic rings. The van der Waals surface area contributed by atoms with Crippen LogP contribution < -0.4 is 5.73 Å². The molecule has 3 aromatic heterocycles. The van der Waals surface area contributed by atoms with Crippen molar-refractivity contribution in [1.29, 1.82) is 0 Å². The Balaban J connectivity index is 0.000000636. The summed E-state index contributed by atoms with van der Waals surface area (Å²) in [6.07, 6.45) is 10.8. The molecule has 11 heteroatoms. The van der Waals surface area contributed by atoms with Crippen LogP contribution in [0.25, 0.3) is 22.5 Å². The van der Waals surface area contributed by atoms with E-state index in [-0.39, 0.29) is 0 Å². The number of rotatable bonds is 4. The fourth-order valence-corrected chi connectivity index (χ4v) is 5.57. The normalized spacial score (nSPS) is 17.8. The van der Waals surface area contributed by atoms with Gasteiger partial charge in [-0.3, -0.25) is 0 Å². The lowest BCUT2D eigenvalue weighted by Crippen LogP contribution is -2.17. The van der Waals surface area contributed by atoms with E-state index in [2.05, 4.69) is 32.4 Å². The molecule has 3 heterocycles. The molecule has 0 amide bonds. The Kier molecular flexibility index (Phi) is 7.42. The first-order chi connectivity index (χ1) is 16.4. The summed E-state index contributed by atoms with van der Waals surface area (Å²) >= 11 is 5.67. The number of nitrogens with zero attached hydrogens (tertiary/aromatic N) is 5. The van der Waals surface area contributed by atoms with Gasteiger partial charge in [-0.25, -0.2) is 14.5 Å². The molecule has 0 atom stereocenters. The molecular weight excluding hydrogens is 520 g/mol. The van der Waals surface area contributed by atoms with E-state index in [4.69, 9.17) is 25.7 Å². The molecule has 0 saturated heterocycles. The molecule has 1 aliphatic carbocycles. The van der Waals surface area contributed by atoms with Crippen LogP contribution in [0.3, 0.4) is 0 Å². The van der Waals surface area contributed by atoms with Crippen molar-refractivity contribution in [2.75, 3.05) is 12.0 Å². The summed E-state index contributed by atoms with van der Waals surface area (Å²) < 4.78 is 4.46. The van der Waals surface area contributed by atoms with Crippen LogP contribution in [0.15, 0.2) is 53.4 Å². The van der Waals surface area contributed by atoms with Crippen LogP contribution in [0.5, 0.6) is 0 Å². The van der Waals surface area contributed by atoms with Gasteiger partial charge in [-0.2, -0.15) is 26.5 Å². The molecule has 178 valence electrons. The van der Waals surface area contributed by atoms with Crippen molar-refractivity contribution in [2.24, 2.45) is 0 Å². The van der Waals surface area contributed by atoms with Gasteiger partial charge < -0.3 is 15.9 Å². The van der Waals surface area contributed by atoms with Crippen LogP contribution in [-0.4, -0.2) is 52.3 Å². The molecule has 4 N–H and O–H groups in total. The molecule has 1 fully saturated rings. The van der Waals surface area contributed by atoms with Crippen molar-refractivity contribution in [2.45, 2.75) is 36.9 Å². The summed E-state index contributed by atoms with van der Waals surface area (Å²) in [5.41, 5.74) is 11.2. The van der Waals surface area contributed by atoms with Gasteiger partial charge in [0.1, 0.15) is 5.82 Å². The summed E-state index contributed by atoms with van der Waals surface area (Å²) in [5, 5.41) is 23.7. The largest absolute Gasteiger partial charge is 0.503 e. The third-order valence-electron chi connectivity index (χ3n) is 5.96. The zero-order chi connectivity index (χ0) is 24.2. The molecule has 9 nitrogen and oxygen atoms in total. The van der Waals surface area contributed by atoms with E-state index in [0.29, 0.717) is 11.7 Å². The number of aromatic nitrogens is 5. The maximum atomic E-state index is 8.56. The van der Waals surface area contributed by atoms with Gasteiger partial charge in [-0.05, 0) is 60.0 Å². The number of carboxylic acid groups (broad SMARTS) is 2. The average molecular weight is 545 g/mol. The van der Waals surface area contributed by atoms with Crippen LogP contribution in [0.4, 0.5) is 10.6 Å². The van der Waals surface area contributed by atoms with Gasteiger partial charge in [-0.15, -0.1) is 0 Å². The predicted molar refractivity (Wildman–Crippen MR) is 137 cm³/mol. The third kappa shape index (κ3) is 5.05. The van der Waals surface area contributed by atoms with Gasteiger partial charge in [0.2, 0.25) is 0 Å². The SMILES string of the molecule is CSC1CCC(c2nc3c(-c4cnn(-c5ccccc5)c4)cnn3c(N)c2Br)CC1.O=C(O)O. The Bertz CT molecular complexity index is 1280. The minimum Gasteiger partial charge on any atom is -0.450 e. The maximum absolute atomic E-state index is 8.56. The van der Waals surface area contributed by atoms with Crippen molar-refractivity contribution in [3.8, 4) is 16.8 Å². The number of benzene rings is 1. The molecule has 0 spiro atoms. The standard InChI is InChI=1S/C22H23BrN6S.CH2O3/c1-30-17-9-7-14(8-10-17)20-19(23)21(24)29-22(27-20)18(12-26-29)15-11-25-28(13-15)16-5-3-2-4-6-16;2-1(3)4/h2-6,11-14,17H,7-10,24H2,1H3;(H2,2,3,4). The Morgan fingerprint density at radius 2 is 1.79 bits per heavy atom. The summed E-state index contributed by atoms with van der Waals surface area (Å²) in [6, 6.07) is 10.1. The minimum absolute atomic E-state index is 0.421. The number of fused-ring (bicyclic) bond motifs is 1. The molecule has 0 radical (unpaired) electrons. The van der Waals surface area contributed by atoms with Crippen LogP contribution in [0.2, 0.25) is 0 Å². The van der Waals surface area contributed by atoms with E-state index in [0.717, 1.165) is 50.7 Å². The molecule has 4 aromatic rings. The number of nitrogen functional groups attached to an aromatic ring is 1. The number of hydrogen-bond donors (Lipinski definition) is 3. The summed E-state index contributed by atoms with van der Waals surface area (Å²) in [6.45, 7) is 0. The van der Waals surface area contributed by atoms with Gasteiger partial charge in [0, 0.05) is 28.5 Å². The van der Waals surface area contributed by atoms with Crippen molar-refractivity contribution in [3.63, 3.8) is 0 Å². The lowest BCUT2D eigenvalue weighted by molar-refractivity contribution is 0.137. The number of para-hydroxylation sites is 1. The fraction of sp³-hybridized carbons (Fsp3) is 0.304. The molecule has 1 saturated carbocycles. The lowest BCUT2D eigenvalue weighted by atomic mass is 9.86. The molecular formula is C23H25BrN6O3S. The highest BCUT2D eigenvalue weighted by Crippen LogP contribution is 2.41. The van der Waals surface area contributed by atoms with Crippen molar-refractivity contribution >= 4 is 45.3 Å². The third-order valence-corrected chi connectivity index (χ3v) is 7.91. The van der Waals surface area contributed by atoms with Gasteiger partial charge in [-0.1, -0.05) is 18.2 Å². The van der Waals surface area contributed by atoms with E-state index in [1.807, 2.05) is 65.4 Å². The zero-order valence-corrected chi connectivity index (χ0v) is 20.9. The molecule has 1 aromatic carbocycles. The second-order valence-electron chi connectivity index (χ2n) is 7.99. The Hall–Kier alpha value is -3.05. The highest BCUT2D eigenvalue weighted by atomic mass is 79.9. The van der Waals surface area contributed by atoms with E-state index >= 15 is 0 Å². The maximum Gasteiger partial charge on any atom is 0.503 e. The number of thioether (sulfide) groups is 1. The zero-order valence-electron chi connectivity index (χ0n) is 18.5. The molecule has 5 rings (SSSR count). The second kappa shape index (κ2) is 10.5. The van der Waals surface area contributed by atoms with E-state index in [9.17, 15) is 0 Å². The smallest absolute Gasteiger partial charge is 0.450 e. The van der Waals surface area contributed by atoms with Gasteiger partial charge >= 0.3 is 6.16 Å². The summed E-state index contributed by atoms with van der Waals surface area (Å²) in [4.78, 5) is 13.6. The van der Waals surface area contributed by atoms with E-state index in [1.165, 1.54) is 12.8 Å². The van der Waals surface area contributed by atoms with Gasteiger partial charge in [0.25, 0.3) is 0 Å². The predicted octanol–water partition coefficient (Wildman–Crippen LogP) is 5.54. The first kappa shape index (κ1) is 24.1. The number of hydrogen-bond acceptors (Lipinski definition) is 6. The van der Waals surface area contributed by atoms with Gasteiger partial charge in [0.15, 0.2) is 5.65 Å². The first-order valence-electron chi connectivity index (χ1n) is 10.8. The lowest BCUT2D eigenvalue weighted by Gasteiger charge is -2.27. The van der Waals surface area contributed by atoms with Crippen LogP contribution in [-0.2, 0) is 0 Å². The van der Waals surface area contributed by atoms with Crippen molar-refractivity contribution in [3.05, 3.63) is 59.1 Å². The number of halogens is 1. The highest BCUT2D eigenvalue weighted by Gasteiger charge is 2.27. The summed E-state index contributed by atoms with van der Waals surface area (Å²) in [7, 11) is 0. The van der Waals surface area contributed by atoms with Gasteiger partial charge in [0.05, 0.1) is 28.2 Å². The van der Waals surface area contributed by atoms with Crippen molar-refractivity contribution < 1.29 is 15.0 Å². The minimum atomic E-state index is -1.83. The summed E-state index contributed by atoms with van der Waals surface area (Å²) in [5.74, 6) is 1.02. The topological polar surface area (TPSA) is 132 Å². The van der Waals surface area contributed by atoms with E-state index < -0.39 is 6.16 Å². The van der Waals surface area contributed by atoms with Crippen molar-refractivity contribution in [1.82, 2.24) is 24.4 Å².